The lowest BCUT2D eigenvalue weighted by atomic mass is 10.1. The maximum absolute atomic E-state index is 11.8. The summed E-state index contributed by atoms with van der Waals surface area (Å²) in [6.07, 6.45) is 0.573. The Morgan fingerprint density at radius 2 is 2.00 bits per heavy atom. The molecule has 0 aliphatic carbocycles. The van der Waals surface area contributed by atoms with E-state index in [0.29, 0.717) is 17.8 Å². The normalized spacial score (nSPS) is 10.5. The monoisotopic (exact) mass is 294 g/mol. The van der Waals surface area contributed by atoms with Crippen molar-refractivity contribution in [3.05, 3.63) is 44.9 Å². The maximum atomic E-state index is 11.8. The van der Waals surface area contributed by atoms with Crippen molar-refractivity contribution in [3.8, 4) is 17.0 Å². The topological polar surface area (TPSA) is 66.0 Å². The lowest BCUT2D eigenvalue weighted by Crippen LogP contribution is -2.13. The number of rotatable bonds is 2. The van der Waals surface area contributed by atoms with Crippen molar-refractivity contribution in [2.45, 2.75) is 13.3 Å². The molecular weight excluding hydrogens is 284 g/mol. The molecule has 0 bridgehead atoms. The van der Waals surface area contributed by atoms with Crippen LogP contribution in [0.25, 0.3) is 11.1 Å². The predicted molar refractivity (Wildman–Crippen MR) is 69.0 cm³/mol. The minimum absolute atomic E-state index is 0.203. The Balaban J connectivity index is 2.60. The first-order valence-electron chi connectivity index (χ1n) is 5.20. The number of aromatic nitrogens is 2. The van der Waals surface area contributed by atoms with E-state index < -0.39 is 0 Å². The van der Waals surface area contributed by atoms with E-state index in [4.69, 9.17) is 0 Å². The van der Waals surface area contributed by atoms with Gasteiger partial charge >= 0.3 is 0 Å². The molecule has 0 aliphatic rings. The number of hydrogen-bond donors (Lipinski definition) is 2. The Morgan fingerprint density at radius 1 is 1.35 bits per heavy atom. The van der Waals surface area contributed by atoms with Crippen LogP contribution in [0.2, 0.25) is 0 Å². The van der Waals surface area contributed by atoms with E-state index in [1.165, 1.54) is 0 Å². The van der Waals surface area contributed by atoms with Crippen LogP contribution in [-0.2, 0) is 6.42 Å². The molecule has 0 fully saturated rings. The van der Waals surface area contributed by atoms with E-state index in [9.17, 15) is 9.90 Å². The van der Waals surface area contributed by atoms with Crippen LogP contribution >= 0.6 is 15.9 Å². The highest BCUT2D eigenvalue weighted by atomic mass is 79.9. The number of aromatic hydroxyl groups is 1. The Kier molecular flexibility index (Phi) is 3.28. The van der Waals surface area contributed by atoms with Crippen molar-refractivity contribution >= 4 is 15.9 Å². The van der Waals surface area contributed by atoms with E-state index in [2.05, 4.69) is 25.9 Å². The molecule has 5 heteroatoms. The summed E-state index contributed by atoms with van der Waals surface area (Å²) < 4.78 is 0.912. The highest BCUT2D eigenvalue weighted by Crippen LogP contribution is 2.24. The van der Waals surface area contributed by atoms with Gasteiger partial charge in [0.1, 0.15) is 11.4 Å². The molecule has 0 saturated heterocycles. The molecule has 0 unspecified atom stereocenters. The van der Waals surface area contributed by atoms with Gasteiger partial charge in [-0.2, -0.15) is 4.98 Å². The zero-order valence-corrected chi connectivity index (χ0v) is 10.8. The first kappa shape index (κ1) is 11.9. The number of hydrogen-bond acceptors (Lipinski definition) is 3. The fraction of sp³-hybridized carbons (Fsp3) is 0.167. The molecule has 1 aromatic carbocycles. The molecule has 1 heterocycles. The third-order valence-corrected chi connectivity index (χ3v) is 2.95. The molecule has 1 aromatic heterocycles. The second-order valence-corrected chi connectivity index (χ2v) is 4.49. The molecule has 2 N–H and O–H groups in total. The summed E-state index contributed by atoms with van der Waals surface area (Å²) in [5.74, 6) is 0.251. The van der Waals surface area contributed by atoms with Crippen LogP contribution in [0.3, 0.4) is 0 Å². The fourth-order valence-corrected chi connectivity index (χ4v) is 1.82. The average molecular weight is 295 g/mol. The van der Waals surface area contributed by atoms with Crippen LogP contribution < -0.4 is 5.56 Å². The van der Waals surface area contributed by atoms with Gasteiger partial charge in [0.05, 0.1) is 0 Å². The van der Waals surface area contributed by atoms with E-state index in [1.54, 1.807) is 12.1 Å². The third kappa shape index (κ3) is 2.39. The molecule has 2 rings (SSSR count). The Bertz CT molecular complexity index is 590. The quantitative estimate of drug-likeness (QED) is 0.894. The molecule has 0 atom stereocenters. The third-order valence-electron chi connectivity index (χ3n) is 2.42. The van der Waals surface area contributed by atoms with Gasteiger partial charge < -0.3 is 10.1 Å². The molecule has 4 nitrogen and oxygen atoms in total. The van der Waals surface area contributed by atoms with Gasteiger partial charge in [-0.3, -0.25) is 4.79 Å². The molecule has 0 aliphatic heterocycles. The van der Waals surface area contributed by atoms with Gasteiger partial charge in [0.2, 0.25) is 5.88 Å². The van der Waals surface area contributed by atoms with Gasteiger partial charge in [0, 0.05) is 10.9 Å². The summed E-state index contributed by atoms with van der Waals surface area (Å²) in [4.78, 5) is 18.4. The number of benzene rings is 1. The first-order valence-corrected chi connectivity index (χ1v) is 5.99. The molecule has 0 saturated carbocycles. The zero-order chi connectivity index (χ0) is 12.4. The van der Waals surface area contributed by atoms with Crippen molar-refractivity contribution in [2.24, 2.45) is 0 Å². The highest BCUT2D eigenvalue weighted by molar-refractivity contribution is 9.10. The van der Waals surface area contributed by atoms with Crippen molar-refractivity contribution in [2.75, 3.05) is 0 Å². The number of aryl methyl sites for hydroxylation is 1. The minimum Gasteiger partial charge on any atom is -0.493 e. The molecule has 2 aromatic rings. The van der Waals surface area contributed by atoms with E-state index in [-0.39, 0.29) is 17.0 Å². The van der Waals surface area contributed by atoms with Crippen molar-refractivity contribution in [3.63, 3.8) is 0 Å². The molecule has 88 valence electrons. The predicted octanol–water partition coefficient (Wildman–Crippen LogP) is 2.47. The summed E-state index contributed by atoms with van der Waals surface area (Å²) in [6.45, 7) is 1.86. The number of halogens is 1. The van der Waals surface area contributed by atoms with Crippen LogP contribution in [0.4, 0.5) is 0 Å². The van der Waals surface area contributed by atoms with E-state index in [0.717, 1.165) is 4.47 Å². The smallest absolute Gasteiger partial charge is 0.262 e. The van der Waals surface area contributed by atoms with Gasteiger partial charge in [0.25, 0.3) is 5.56 Å². The van der Waals surface area contributed by atoms with Gasteiger partial charge in [-0.1, -0.05) is 35.0 Å². The van der Waals surface area contributed by atoms with Crippen molar-refractivity contribution in [1.29, 1.82) is 0 Å². The average Bonchev–Trinajstić information content (AvgIpc) is 2.30. The van der Waals surface area contributed by atoms with Crippen LogP contribution in [0.15, 0.2) is 33.5 Å². The van der Waals surface area contributed by atoms with Gasteiger partial charge in [-0.25, -0.2) is 0 Å². The SMILES string of the molecule is CCc1nc(O)c(-c2ccc(Br)cc2)c(=O)[nH]1. The molecule has 0 spiro atoms. The lowest BCUT2D eigenvalue weighted by molar-refractivity contribution is 0.450. The molecule has 17 heavy (non-hydrogen) atoms. The summed E-state index contributed by atoms with van der Waals surface area (Å²) in [6, 6.07) is 7.12. The highest BCUT2D eigenvalue weighted by Gasteiger charge is 2.12. The van der Waals surface area contributed by atoms with Gasteiger partial charge in [-0.05, 0) is 17.7 Å². The summed E-state index contributed by atoms with van der Waals surface area (Å²) in [7, 11) is 0. The summed E-state index contributed by atoms with van der Waals surface area (Å²) >= 11 is 3.31. The largest absolute Gasteiger partial charge is 0.493 e. The van der Waals surface area contributed by atoms with Gasteiger partial charge in [-0.15, -0.1) is 0 Å². The number of H-pyrrole nitrogens is 1. The van der Waals surface area contributed by atoms with Crippen LogP contribution in [-0.4, -0.2) is 15.1 Å². The zero-order valence-electron chi connectivity index (χ0n) is 9.20. The molecular formula is C12H11BrN2O2. The number of aromatic amines is 1. The van der Waals surface area contributed by atoms with E-state index >= 15 is 0 Å². The van der Waals surface area contributed by atoms with Crippen LogP contribution in [0.1, 0.15) is 12.7 Å². The van der Waals surface area contributed by atoms with Crippen molar-refractivity contribution in [1.82, 2.24) is 9.97 Å². The van der Waals surface area contributed by atoms with Gasteiger partial charge in [0.15, 0.2) is 0 Å². The first-order chi connectivity index (χ1) is 8.11. The second-order valence-electron chi connectivity index (χ2n) is 3.57. The summed E-state index contributed by atoms with van der Waals surface area (Å²) in [5, 5.41) is 9.78. The second kappa shape index (κ2) is 4.71. The van der Waals surface area contributed by atoms with Crippen LogP contribution in [0.5, 0.6) is 5.88 Å². The molecule has 0 radical (unpaired) electrons. The lowest BCUT2D eigenvalue weighted by Gasteiger charge is -2.05. The Labute approximate surface area is 106 Å². The minimum atomic E-state index is -0.323. The van der Waals surface area contributed by atoms with Crippen molar-refractivity contribution < 1.29 is 5.11 Å². The molecule has 0 amide bonds. The summed E-state index contributed by atoms with van der Waals surface area (Å²) in [5.41, 5.74) is 0.522. The maximum Gasteiger partial charge on any atom is 0.262 e. The van der Waals surface area contributed by atoms with E-state index in [1.807, 2.05) is 19.1 Å². The Morgan fingerprint density at radius 3 is 2.53 bits per heavy atom. The van der Waals surface area contributed by atoms with Crippen LogP contribution in [0, 0.1) is 0 Å². The fourth-order valence-electron chi connectivity index (χ4n) is 1.55. The number of nitrogens with zero attached hydrogens (tertiary/aromatic N) is 1. The standard InChI is InChI=1S/C12H11BrN2O2/c1-2-9-14-11(16)10(12(17)15-9)7-3-5-8(13)6-4-7/h3-6H,2H2,1H3,(H2,14,15,16,17). The number of nitrogens with one attached hydrogen (secondary N) is 1. The Hall–Kier alpha value is -1.62.